The largest absolute Gasteiger partial charge is 0.508 e. The van der Waals surface area contributed by atoms with Gasteiger partial charge < -0.3 is 10.2 Å². The van der Waals surface area contributed by atoms with Gasteiger partial charge in [0.25, 0.3) is 11.6 Å². The summed E-state index contributed by atoms with van der Waals surface area (Å²) in [5.74, 6) is -0.961. The summed E-state index contributed by atoms with van der Waals surface area (Å²) in [6, 6.07) is 7.39. The molecule has 2 aromatic carbocycles. The van der Waals surface area contributed by atoms with E-state index in [1.165, 1.54) is 18.2 Å². The number of phenolic OH excluding ortho intramolecular Hbond substituents is 2. The minimum atomic E-state index is -0.660. The van der Waals surface area contributed by atoms with Crippen molar-refractivity contribution >= 4 is 28.9 Å². The lowest BCUT2D eigenvalue weighted by molar-refractivity contribution is -0.384. The Kier molecular flexibility index (Phi) is 5.00. The molecule has 0 aliphatic carbocycles. The van der Waals surface area contributed by atoms with Gasteiger partial charge in [-0.3, -0.25) is 14.9 Å². The number of nitrogens with one attached hydrogen (secondary N) is 1. The number of nitro benzene ring substituents is 1. The molecule has 0 atom stereocenters. The third kappa shape index (κ3) is 3.79. The zero-order valence-corrected chi connectivity index (χ0v) is 13.1. The van der Waals surface area contributed by atoms with E-state index >= 15 is 0 Å². The van der Waals surface area contributed by atoms with Crippen LogP contribution in [0.4, 0.5) is 5.69 Å². The second-order valence-corrected chi connectivity index (χ2v) is 5.17. The van der Waals surface area contributed by atoms with Crippen LogP contribution in [0.3, 0.4) is 0 Å². The Labute approximate surface area is 141 Å². The molecule has 0 unspecified atom stereocenters. The molecule has 0 fully saturated rings. The van der Waals surface area contributed by atoms with E-state index in [4.69, 9.17) is 11.6 Å². The van der Waals surface area contributed by atoms with Gasteiger partial charge in [-0.05, 0) is 25.1 Å². The van der Waals surface area contributed by atoms with Crippen LogP contribution in [-0.2, 0) is 0 Å². The molecule has 0 saturated carbocycles. The molecule has 0 saturated heterocycles. The highest BCUT2D eigenvalue weighted by molar-refractivity contribution is 6.34. The average molecular weight is 350 g/mol. The molecular formula is C15H12ClN3O5. The van der Waals surface area contributed by atoms with E-state index in [0.717, 1.165) is 18.2 Å². The molecule has 3 N–H and O–H groups in total. The van der Waals surface area contributed by atoms with Crippen LogP contribution in [0, 0.1) is 10.1 Å². The van der Waals surface area contributed by atoms with Gasteiger partial charge in [-0.15, -0.1) is 0 Å². The van der Waals surface area contributed by atoms with Gasteiger partial charge in [-0.2, -0.15) is 5.10 Å². The van der Waals surface area contributed by atoms with E-state index in [0.29, 0.717) is 11.3 Å². The second-order valence-electron chi connectivity index (χ2n) is 4.76. The van der Waals surface area contributed by atoms with E-state index in [1.807, 2.05) is 0 Å². The Morgan fingerprint density at radius 1 is 1.21 bits per heavy atom. The molecule has 1 amide bonds. The number of nitrogens with zero attached hydrogens (tertiary/aromatic N) is 2. The predicted molar refractivity (Wildman–Crippen MR) is 87.6 cm³/mol. The predicted octanol–water partition coefficient (Wildman–Crippen LogP) is 2.81. The Hall–Kier alpha value is -3.13. The topological polar surface area (TPSA) is 125 Å². The first-order chi connectivity index (χ1) is 11.3. The highest BCUT2D eigenvalue weighted by Crippen LogP contribution is 2.24. The first-order valence-corrected chi connectivity index (χ1v) is 6.98. The van der Waals surface area contributed by atoms with Gasteiger partial charge in [-0.1, -0.05) is 11.6 Å². The number of hydrazone groups is 1. The fraction of sp³-hybridized carbons (Fsp3) is 0.0667. The number of phenols is 2. The summed E-state index contributed by atoms with van der Waals surface area (Å²) in [6.07, 6.45) is 0. The zero-order valence-electron chi connectivity index (χ0n) is 12.4. The Bertz CT molecular complexity index is 851. The Morgan fingerprint density at radius 3 is 2.46 bits per heavy atom. The van der Waals surface area contributed by atoms with Crippen LogP contribution in [-0.4, -0.2) is 26.8 Å². The highest BCUT2D eigenvalue weighted by atomic mass is 35.5. The van der Waals surface area contributed by atoms with E-state index < -0.39 is 10.8 Å². The molecular weight excluding hydrogens is 338 g/mol. The van der Waals surface area contributed by atoms with Gasteiger partial charge in [-0.25, -0.2) is 5.43 Å². The molecule has 0 heterocycles. The zero-order chi connectivity index (χ0) is 17.9. The molecule has 8 nitrogen and oxygen atoms in total. The third-order valence-corrected chi connectivity index (χ3v) is 3.42. The molecule has 9 heteroatoms. The van der Waals surface area contributed by atoms with E-state index in [1.54, 1.807) is 6.92 Å². The Balaban J connectivity index is 2.19. The van der Waals surface area contributed by atoms with Crippen LogP contribution in [0.2, 0.25) is 5.02 Å². The number of carbonyl (C=O) groups is 1. The van der Waals surface area contributed by atoms with Crippen LogP contribution >= 0.6 is 11.6 Å². The highest BCUT2D eigenvalue weighted by Gasteiger charge is 2.15. The van der Waals surface area contributed by atoms with Gasteiger partial charge in [0.05, 0.1) is 21.2 Å². The number of halogens is 1. The molecule has 0 radical (unpaired) electrons. The smallest absolute Gasteiger partial charge is 0.272 e. The maximum Gasteiger partial charge on any atom is 0.272 e. The van der Waals surface area contributed by atoms with Crippen molar-refractivity contribution in [3.63, 3.8) is 0 Å². The van der Waals surface area contributed by atoms with Gasteiger partial charge in [0.1, 0.15) is 11.5 Å². The van der Waals surface area contributed by atoms with Crippen LogP contribution < -0.4 is 5.43 Å². The number of non-ortho nitro benzene ring substituents is 1. The lowest BCUT2D eigenvalue weighted by Crippen LogP contribution is -2.19. The van der Waals surface area contributed by atoms with Crippen molar-refractivity contribution in [3.05, 3.63) is 62.7 Å². The minimum absolute atomic E-state index is 0.0220. The van der Waals surface area contributed by atoms with Gasteiger partial charge >= 0.3 is 0 Å². The molecule has 0 bridgehead atoms. The van der Waals surface area contributed by atoms with Crippen LogP contribution in [0.25, 0.3) is 0 Å². The van der Waals surface area contributed by atoms with Crippen LogP contribution in [0.1, 0.15) is 22.8 Å². The maximum absolute atomic E-state index is 12.0. The van der Waals surface area contributed by atoms with E-state index in [9.17, 15) is 25.1 Å². The van der Waals surface area contributed by atoms with Crippen molar-refractivity contribution in [3.8, 4) is 11.5 Å². The van der Waals surface area contributed by atoms with Crippen LogP contribution in [0.5, 0.6) is 11.5 Å². The summed E-state index contributed by atoms with van der Waals surface area (Å²) in [7, 11) is 0. The van der Waals surface area contributed by atoms with Crippen molar-refractivity contribution in [2.45, 2.75) is 6.92 Å². The number of hydrogen-bond acceptors (Lipinski definition) is 6. The fourth-order valence-electron chi connectivity index (χ4n) is 1.88. The quantitative estimate of drug-likeness (QED) is 0.444. The van der Waals surface area contributed by atoms with E-state index in [2.05, 4.69) is 10.5 Å². The monoisotopic (exact) mass is 349 g/mol. The van der Waals surface area contributed by atoms with E-state index in [-0.39, 0.29) is 27.8 Å². The summed E-state index contributed by atoms with van der Waals surface area (Å²) in [5.41, 5.74) is 2.65. The van der Waals surface area contributed by atoms with Crippen molar-refractivity contribution in [1.82, 2.24) is 5.43 Å². The number of nitro groups is 1. The summed E-state index contributed by atoms with van der Waals surface area (Å²) >= 11 is 5.86. The number of amides is 1. The van der Waals surface area contributed by atoms with Gasteiger partial charge in [0.15, 0.2) is 0 Å². The number of benzene rings is 2. The molecule has 0 aliphatic heterocycles. The molecule has 0 spiro atoms. The average Bonchev–Trinajstić information content (AvgIpc) is 2.52. The third-order valence-electron chi connectivity index (χ3n) is 3.10. The minimum Gasteiger partial charge on any atom is -0.508 e. The summed E-state index contributed by atoms with van der Waals surface area (Å²) in [5, 5.41) is 33.4. The van der Waals surface area contributed by atoms with Gasteiger partial charge in [0.2, 0.25) is 0 Å². The molecule has 2 aromatic rings. The van der Waals surface area contributed by atoms with Crippen molar-refractivity contribution < 1.29 is 19.9 Å². The molecule has 24 heavy (non-hydrogen) atoms. The maximum atomic E-state index is 12.0. The number of rotatable bonds is 4. The molecule has 0 aromatic heterocycles. The normalized spacial score (nSPS) is 11.2. The van der Waals surface area contributed by atoms with Crippen molar-refractivity contribution in [1.29, 1.82) is 0 Å². The molecule has 2 rings (SSSR count). The summed E-state index contributed by atoms with van der Waals surface area (Å²) in [6.45, 7) is 1.55. The Morgan fingerprint density at radius 2 is 1.88 bits per heavy atom. The molecule has 124 valence electrons. The lowest BCUT2D eigenvalue weighted by Gasteiger charge is -2.06. The first kappa shape index (κ1) is 17.2. The summed E-state index contributed by atoms with van der Waals surface area (Å²) in [4.78, 5) is 22.1. The number of hydrogen-bond donors (Lipinski definition) is 3. The van der Waals surface area contributed by atoms with Crippen molar-refractivity contribution in [2.24, 2.45) is 5.10 Å². The lowest BCUT2D eigenvalue weighted by atomic mass is 10.1. The standard InChI is InChI=1S/C15H12ClN3O5/c1-8(11-5-3-10(20)7-14(11)21)17-18-15(22)12-4-2-9(19(23)24)6-13(12)16/h2-7,20-21H,1H3,(H,18,22)/b17-8-. The van der Waals surface area contributed by atoms with Crippen LogP contribution in [0.15, 0.2) is 41.5 Å². The number of aromatic hydroxyl groups is 2. The van der Waals surface area contributed by atoms with Crippen molar-refractivity contribution in [2.75, 3.05) is 0 Å². The number of carbonyl (C=O) groups excluding carboxylic acids is 1. The molecule has 0 aliphatic rings. The fourth-order valence-corrected chi connectivity index (χ4v) is 2.14. The summed E-state index contributed by atoms with van der Waals surface area (Å²) < 4.78 is 0. The first-order valence-electron chi connectivity index (χ1n) is 6.60. The SMILES string of the molecule is C/C(=N/NC(=O)c1ccc([N+](=O)[O-])cc1Cl)c1ccc(O)cc1O. The van der Waals surface area contributed by atoms with Gasteiger partial charge in [0, 0.05) is 23.8 Å². The second kappa shape index (κ2) is 6.97.